The lowest BCUT2D eigenvalue weighted by atomic mass is 10.1. The van der Waals surface area contributed by atoms with Crippen LogP contribution in [0.5, 0.6) is 11.8 Å². The van der Waals surface area contributed by atoms with Gasteiger partial charge in [-0.2, -0.15) is 4.98 Å². The monoisotopic (exact) mass is 518 g/mol. The molecular weight excluding hydrogens is 480 g/mol. The largest absolute Gasteiger partial charge is 0.478 e. The van der Waals surface area contributed by atoms with E-state index >= 15 is 0 Å². The third-order valence-electron chi connectivity index (χ3n) is 7.13. The van der Waals surface area contributed by atoms with Crippen LogP contribution in [0.1, 0.15) is 24.8 Å². The Hall–Kier alpha value is -3.43. The van der Waals surface area contributed by atoms with Crippen LogP contribution in [0.3, 0.4) is 0 Å². The average Bonchev–Trinajstić information content (AvgIpc) is 2.92. The number of amides is 1. The normalized spacial score (nSPS) is 16.0. The first-order valence-electron chi connectivity index (χ1n) is 13.6. The van der Waals surface area contributed by atoms with Crippen LogP contribution in [0.15, 0.2) is 42.5 Å². The van der Waals surface area contributed by atoms with Gasteiger partial charge in [-0.25, -0.2) is 4.98 Å². The number of piperazine rings is 1. The van der Waals surface area contributed by atoms with Crippen LogP contribution in [0.4, 0.5) is 11.5 Å². The van der Waals surface area contributed by atoms with E-state index in [4.69, 9.17) is 14.5 Å². The summed E-state index contributed by atoms with van der Waals surface area (Å²) in [6.45, 7) is 7.19. The van der Waals surface area contributed by atoms with E-state index in [2.05, 4.69) is 49.3 Å². The van der Waals surface area contributed by atoms with Gasteiger partial charge < -0.3 is 24.6 Å². The van der Waals surface area contributed by atoms with Gasteiger partial charge in [-0.05, 0) is 63.7 Å². The number of carbonyl (C=O) groups is 1. The molecule has 0 aliphatic carbocycles. The van der Waals surface area contributed by atoms with E-state index in [9.17, 15) is 4.79 Å². The average molecular weight is 519 g/mol. The predicted molar refractivity (Wildman–Crippen MR) is 150 cm³/mol. The first-order valence-corrected chi connectivity index (χ1v) is 13.6. The number of unbranched alkanes of at least 4 members (excludes halogenated alkanes) is 1. The number of pyridine rings is 2. The van der Waals surface area contributed by atoms with Gasteiger partial charge in [0.05, 0.1) is 17.8 Å². The standard InChI is InChI=1S/C29H38N6O3/c1-33(2)19-21-38-26-12-9-22-6-5-7-24(28(22)31-26)35-17-15-34(16-18-35)14-3-4-20-37-27-13-10-23-8-11-25(36)30-29(23)32-27/h5-7,9-10,12-13H,3-4,8,11,14-21H2,1-2H3,(H,30,32,36). The Morgan fingerprint density at radius 3 is 2.53 bits per heavy atom. The van der Waals surface area contributed by atoms with Gasteiger partial charge in [0.2, 0.25) is 17.7 Å². The quantitative estimate of drug-likeness (QED) is 0.387. The topological polar surface area (TPSA) is 83.1 Å². The number of rotatable bonds is 11. The summed E-state index contributed by atoms with van der Waals surface area (Å²) < 4.78 is 11.7. The molecule has 1 saturated heterocycles. The number of ether oxygens (including phenoxy) is 2. The fraction of sp³-hybridized carbons (Fsp3) is 0.483. The van der Waals surface area contributed by atoms with Gasteiger partial charge >= 0.3 is 0 Å². The Morgan fingerprint density at radius 2 is 1.68 bits per heavy atom. The molecule has 0 saturated carbocycles. The zero-order valence-electron chi connectivity index (χ0n) is 22.5. The second-order valence-corrected chi connectivity index (χ2v) is 10.2. The van der Waals surface area contributed by atoms with Crippen molar-refractivity contribution in [3.05, 3.63) is 48.0 Å². The van der Waals surface area contributed by atoms with Crippen molar-refractivity contribution in [2.75, 3.05) is 76.8 Å². The maximum Gasteiger partial charge on any atom is 0.225 e. The second-order valence-electron chi connectivity index (χ2n) is 10.2. The van der Waals surface area contributed by atoms with Gasteiger partial charge in [0.15, 0.2) is 0 Å². The van der Waals surface area contributed by atoms with E-state index < -0.39 is 0 Å². The van der Waals surface area contributed by atoms with Crippen LogP contribution < -0.4 is 19.7 Å². The molecule has 9 nitrogen and oxygen atoms in total. The molecule has 0 bridgehead atoms. The van der Waals surface area contributed by atoms with Crippen LogP contribution in [-0.2, 0) is 11.2 Å². The van der Waals surface area contributed by atoms with Gasteiger partial charge in [0.1, 0.15) is 12.4 Å². The van der Waals surface area contributed by atoms with Gasteiger partial charge in [0, 0.05) is 56.7 Å². The summed E-state index contributed by atoms with van der Waals surface area (Å²) in [6, 6.07) is 14.4. The van der Waals surface area contributed by atoms with Crippen molar-refractivity contribution in [3.63, 3.8) is 0 Å². The summed E-state index contributed by atoms with van der Waals surface area (Å²) in [5.74, 6) is 1.93. The molecule has 2 aliphatic rings. The number of likely N-dealkylation sites (N-methyl/N-ethyl adjacent to an activating group) is 1. The molecule has 202 valence electrons. The molecule has 1 fully saturated rings. The molecule has 5 rings (SSSR count). The number of anilines is 2. The smallest absolute Gasteiger partial charge is 0.225 e. The Labute approximate surface area is 224 Å². The fourth-order valence-electron chi connectivity index (χ4n) is 4.91. The lowest BCUT2D eigenvalue weighted by Gasteiger charge is -2.36. The number of fused-ring (bicyclic) bond motifs is 2. The molecule has 1 N–H and O–H groups in total. The molecule has 1 amide bonds. The van der Waals surface area contributed by atoms with Crippen LogP contribution in [0.25, 0.3) is 10.9 Å². The predicted octanol–water partition coefficient (Wildman–Crippen LogP) is 3.44. The summed E-state index contributed by atoms with van der Waals surface area (Å²) >= 11 is 0. The molecule has 2 aromatic heterocycles. The van der Waals surface area contributed by atoms with E-state index in [0.717, 1.165) is 75.0 Å². The molecule has 0 spiro atoms. The van der Waals surface area contributed by atoms with Gasteiger partial charge in [-0.15, -0.1) is 0 Å². The maximum atomic E-state index is 11.6. The van der Waals surface area contributed by atoms with Crippen LogP contribution >= 0.6 is 0 Å². The van der Waals surface area contributed by atoms with E-state index in [1.54, 1.807) is 0 Å². The van der Waals surface area contributed by atoms with Crippen molar-refractivity contribution < 1.29 is 14.3 Å². The minimum absolute atomic E-state index is 0.0216. The summed E-state index contributed by atoms with van der Waals surface area (Å²) in [5, 5.41) is 3.97. The van der Waals surface area contributed by atoms with Crippen molar-refractivity contribution >= 4 is 28.3 Å². The molecule has 3 aromatic rings. The van der Waals surface area contributed by atoms with Gasteiger partial charge in [-0.1, -0.05) is 12.1 Å². The molecule has 0 atom stereocenters. The summed E-state index contributed by atoms with van der Waals surface area (Å²) in [5.41, 5.74) is 3.27. The van der Waals surface area contributed by atoms with Crippen molar-refractivity contribution in [1.82, 2.24) is 19.8 Å². The minimum Gasteiger partial charge on any atom is -0.478 e. The number of hydrogen-bond donors (Lipinski definition) is 1. The second kappa shape index (κ2) is 12.4. The number of benzene rings is 1. The first-order chi connectivity index (χ1) is 18.5. The summed E-state index contributed by atoms with van der Waals surface area (Å²) in [6.07, 6.45) is 3.31. The molecule has 9 heteroatoms. The molecule has 2 aliphatic heterocycles. The third-order valence-corrected chi connectivity index (χ3v) is 7.13. The molecule has 1 aromatic carbocycles. The highest BCUT2D eigenvalue weighted by molar-refractivity contribution is 5.93. The van der Waals surface area contributed by atoms with Gasteiger partial charge in [-0.3, -0.25) is 9.69 Å². The first kappa shape index (κ1) is 26.2. The molecule has 4 heterocycles. The lowest BCUT2D eigenvalue weighted by Crippen LogP contribution is -2.46. The van der Waals surface area contributed by atoms with Crippen LogP contribution in [0, 0.1) is 0 Å². The zero-order valence-corrected chi connectivity index (χ0v) is 22.5. The maximum absolute atomic E-state index is 11.6. The van der Waals surface area contributed by atoms with E-state index in [0.29, 0.717) is 37.2 Å². The number of nitrogens with zero attached hydrogens (tertiary/aromatic N) is 5. The van der Waals surface area contributed by atoms with Crippen LogP contribution in [-0.4, -0.2) is 92.3 Å². The number of para-hydroxylation sites is 1. The summed E-state index contributed by atoms with van der Waals surface area (Å²) in [4.78, 5) is 28.0. The molecule has 0 radical (unpaired) electrons. The minimum atomic E-state index is 0.0216. The van der Waals surface area contributed by atoms with Crippen molar-refractivity contribution in [3.8, 4) is 11.8 Å². The third kappa shape index (κ3) is 6.71. The lowest BCUT2D eigenvalue weighted by molar-refractivity contribution is -0.116. The van der Waals surface area contributed by atoms with Crippen molar-refractivity contribution in [1.29, 1.82) is 0 Å². The number of aromatic nitrogens is 2. The van der Waals surface area contributed by atoms with Crippen molar-refractivity contribution in [2.45, 2.75) is 25.7 Å². The zero-order chi connectivity index (χ0) is 26.3. The van der Waals surface area contributed by atoms with Crippen molar-refractivity contribution in [2.24, 2.45) is 0 Å². The number of carbonyl (C=O) groups excluding carboxylic acids is 1. The Kier molecular flexibility index (Phi) is 8.55. The fourth-order valence-corrected chi connectivity index (χ4v) is 4.91. The van der Waals surface area contributed by atoms with Crippen LogP contribution in [0.2, 0.25) is 0 Å². The molecule has 38 heavy (non-hydrogen) atoms. The van der Waals surface area contributed by atoms with E-state index in [1.165, 1.54) is 5.69 Å². The van der Waals surface area contributed by atoms with Gasteiger partial charge in [0.25, 0.3) is 0 Å². The summed E-state index contributed by atoms with van der Waals surface area (Å²) in [7, 11) is 4.08. The SMILES string of the molecule is CN(C)CCOc1ccc2cccc(N3CCN(CCCCOc4ccc5c(n4)NC(=O)CC5)CC3)c2n1. The molecular formula is C29H38N6O3. The highest BCUT2D eigenvalue weighted by atomic mass is 16.5. The Balaban J connectivity index is 1.06. The number of aryl methyl sites for hydroxylation is 1. The van der Waals surface area contributed by atoms with E-state index in [1.807, 2.05) is 32.3 Å². The molecule has 0 unspecified atom stereocenters. The number of hydrogen-bond acceptors (Lipinski definition) is 8. The highest BCUT2D eigenvalue weighted by Crippen LogP contribution is 2.28. The van der Waals surface area contributed by atoms with E-state index in [-0.39, 0.29) is 5.91 Å². The highest BCUT2D eigenvalue weighted by Gasteiger charge is 2.20. The number of nitrogens with one attached hydrogen (secondary N) is 1. The Morgan fingerprint density at radius 1 is 0.895 bits per heavy atom. The Bertz CT molecular complexity index is 1240.